The average Bonchev–Trinajstić information content (AvgIpc) is 2.69. The number of methoxy groups -OCH3 is 1. The number of hydrazine groups is 1. The lowest BCUT2D eigenvalue weighted by Crippen LogP contribution is -2.49. The number of amides is 2. The van der Waals surface area contributed by atoms with Gasteiger partial charge in [-0.1, -0.05) is 30.3 Å². The fraction of sp³-hybridized carbons (Fsp3) is 0.150. The van der Waals surface area contributed by atoms with Crippen LogP contribution in [0.15, 0.2) is 54.6 Å². The van der Waals surface area contributed by atoms with Gasteiger partial charge in [0.05, 0.1) is 7.11 Å². The Hall–Kier alpha value is -3.39. The Balaban J connectivity index is 1.73. The smallest absolute Gasteiger partial charge is 0.276 e. The second kappa shape index (κ2) is 10.7. The van der Waals surface area contributed by atoms with E-state index >= 15 is 0 Å². The van der Waals surface area contributed by atoms with Crippen molar-refractivity contribution < 1.29 is 19.1 Å². The molecule has 0 saturated carbocycles. The minimum Gasteiger partial charge on any atom is -0.496 e. The quantitative estimate of drug-likeness (QED) is 0.392. The molecule has 2 aromatic rings. The highest BCUT2D eigenvalue weighted by atomic mass is 32.1. The van der Waals surface area contributed by atoms with Gasteiger partial charge < -0.3 is 9.47 Å². The Morgan fingerprint density at radius 1 is 1.11 bits per heavy atom. The first-order valence-electron chi connectivity index (χ1n) is 8.38. The van der Waals surface area contributed by atoms with Crippen LogP contribution >= 0.6 is 12.2 Å². The number of rotatable bonds is 6. The number of para-hydroxylation sites is 1. The lowest BCUT2D eigenvalue weighted by molar-refractivity contribution is -0.123. The van der Waals surface area contributed by atoms with Crippen molar-refractivity contribution in [3.8, 4) is 11.5 Å². The van der Waals surface area contributed by atoms with E-state index in [1.165, 1.54) is 6.08 Å². The molecule has 0 atom stereocenters. The molecule has 28 heavy (non-hydrogen) atoms. The van der Waals surface area contributed by atoms with Crippen molar-refractivity contribution in [2.75, 3.05) is 13.7 Å². The van der Waals surface area contributed by atoms with Crippen molar-refractivity contribution >= 4 is 35.2 Å². The van der Waals surface area contributed by atoms with Crippen molar-refractivity contribution in [1.82, 2.24) is 16.2 Å². The van der Waals surface area contributed by atoms with Gasteiger partial charge in [0.1, 0.15) is 11.5 Å². The van der Waals surface area contributed by atoms with Gasteiger partial charge in [0.2, 0.25) is 5.91 Å². The largest absolute Gasteiger partial charge is 0.496 e. The number of carbonyl (C=O) groups is 2. The van der Waals surface area contributed by atoms with Gasteiger partial charge in [0.15, 0.2) is 11.7 Å². The molecular weight excluding hydrogens is 378 g/mol. The van der Waals surface area contributed by atoms with Crippen LogP contribution < -0.4 is 25.6 Å². The third-order valence-electron chi connectivity index (χ3n) is 3.46. The number of thiocarbonyl (C=S) groups is 1. The molecule has 0 saturated heterocycles. The Morgan fingerprint density at radius 3 is 2.64 bits per heavy atom. The first kappa shape index (κ1) is 20.9. The van der Waals surface area contributed by atoms with Crippen LogP contribution in [0.2, 0.25) is 0 Å². The third kappa shape index (κ3) is 7.08. The lowest BCUT2D eigenvalue weighted by Gasteiger charge is -2.11. The summed E-state index contributed by atoms with van der Waals surface area (Å²) in [6.07, 6.45) is 2.92. The molecule has 146 valence electrons. The Bertz CT molecular complexity index is 883. The summed E-state index contributed by atoms with van der Waals surface area (Å²) in [5, 5.41) is 2.38. The number of carbonyl (C=O) groups excluding carboxylic acids is 2. The summed E-state index contributed by atoms with van der Waals surface area (Å²) in [5.74, 6) is 0.344. The fourth-order valence-electron chi connectivity index (χ4n) is 2.17. The standard InChI is InChI=1S/C20H21N3O4S/c1-14-6-5-8-16(12-14)27-13-19(25)22-23-20(28)21-18(24)11-10-15-7-3-4-9-17(15)26-2/h3-12H,13H2,1-2H3,(H,22,25)(H2,21,23,24,28). The van der Waals surface area contributed by atoms with Gasteiger partial charge in [-0.15, -0.1) is 0 Å². The van der Waals surface area contributed by atoms with E-state index in [4.69, 9.17) is 21.7 Å². The van der Waals surface area contributed by atoms with E-state index in [9.17, 15) is 9.59 Å². The predicted octanol–water partition coefficient (Wildman–Crippen LogP) is 2.12. The number of aryl methyl sites for hydroxylation is 1. The second-order valence-electron chi connectivity index (χ2n) is 5.67. The van der Waals surface area contributed by atoms with Crippen molar-refractivity contribution in [2.24, 2.45) is 0 Å². The highest BCUT2D eigenvalue weighted by Crippen LogP contribution is 2.18. The molecule has 0 fully saturated rings. The van der Waals surface area contributed by atoms with Crippen LogP contribution in [0.5, 0.6) is 11.5 Å². The maximum absolute atomic E-state index is 11.9. The van der Waals surface area contributed by atoms with Crippen LogP contribution in [-0.2, 0) is 9.59 Å². The molecule has 3 N–H and O–H groups in total. The molecule has 0 heterocycles. The van der Waals surface area contributed by atoms with Crippen LogP contribution in [0.4, 0.5) is 0 Å². The zero-order valence-electron chi connectivity index (χ0n) is 15.5. The lowest BCUT2D eigenvalue weighted by atomic mass is 10.2. The molecular formula is C20H21N3O4S. The van der Waals surface area contributed by atoms with E-state index in [2.05, 4.69) is 16.2 Å². The molecule has 0 spiro atoms. The SMILES string of the molecule is COc1ccccc1C=CC(=O)NC(=S)NNC(=O)COc1cccc(C)c1. The molecule has 2 amide bonds. The van der Waals surface area contributed by atoms with Gasteiger partial charge in [-0.25, -0.2) is 0 Å². The fourth-order valence-corrected chi connectivity index (χ4v) is 2.32. The Labute approximate surface area is 168 Å². The molecule has 8 heteroatoms. The minimum absolute atomic E-state index is 0.0430. The van der Waals surface area contributed by atoms with Crippen LogP contribution in [0, 0.1) is 6.92 Å². The predicted molar refractivity (Wildman–Crippen MR) is 111 cm³/mol. The van der Waals surface area contributed by atoms with E-state index in [-0.39, 0.29) is 11.7 Å². The molecule has 2 aromatic carbocycles. The van der Waals surface area contributed by atoms with E-state index in [0.29, 0.717) is 11.5 Å². The first-order valence-corrected chi connectivity index (χ1v) is 8.79. The number of nitrogens with one attached hydrogen (secondary N) is 3. The molecule has 2 rings (SSSR count). The minimum atomic E-state index is -0.450. The van der Waals surface area contributed by atoms with Crippen molar-refractivity contribution in [3.63, 3.8) is 0 Å². The second-order valence-corrected chi connectivity index (χ2v) is 6.08. The third-order valence-corrected chi connectivity index (χ3v) is 3.67. The zero-order valence-corrected chi connectivity index (χ0v) is 16.3. The summed E-state index contributed by atoms with van der Waals surface area (Å²) < 4.78 is 10.6. The molecule has 0 aromatic heterocycles. The Kier molecular flexibility index (Phi) is 7.98. The van der Waals surface area contributed by atoms with E-state index in [0.717, 1.165) is 11.1 Å². The van der Waals surface area contributed by atoms with Crippen molar-refractivity contribution in [2.45, 2.75) is 6.92 Å². The topological polar surface area (TPSA) is 88.7 Å². The molecule has 0 radical (unpaired) electrons. The number of hydrogen-bond donors (Lipinski definition) is 3. The average molecular weight is 399 g/mol. The van der Waals surface area contributed by atoms with Gasteiger partial charge in [-0.05, 0) is 49.0 Å². The summed E-state index contributed by atoms with van der Waals surface area (Å²) in [7, 11) is 1.55. The number of benzene rings is 2. The van der Waals surface area contributed by atoms with Crippen LogP contribution in [0.3, 0.4) is 0 Å². The summed E-state index contributed by atoms with van der Waals surface area (Å²) in [6.45, 7) is 1.73. The molecule has 0 aliphatic rings. The molecule has 0 aliphatic carbocycles. The number of ether oxygens (including phenoxy) is 2. The van der Waals surface area contributed by atoms with Gasteiger partial charge in [-0.2, -0.15) is 0 Å². The highest BCUT2D eigenvalue weighted by molar-refractivity contribution is 7.80. The van der Waals surface area contributed by atoms with E-state index in [1.807, 2.05) is 43.3 Å². The van der Waals surface area contributed by atoms with Crippen LogP contribution in [-0.4, -0.2) is 30.6 Å². The van der Waals surface area contributed by atoms with Gasteiger partial charge in [0, 0.05) is 11.6 Å². The summed E-state index contributed by atoms with van der Waals surface area (Å²) in [5.41, 5.74) is 6.57. The van der Waals surface area contributed by atoms with Crippen molar-refractivity contribution in [1.29, 1.82) is 0 Å². The maximum Gasteiger partial charge on any atom is 0.276 e. The monoisotopic (exact) mass is 399 g/mol. The molecule has 0 unspecified atom stereocenters. The van der Waals surface area contributed by atoms with Gasteiger partial charge >= 0.3 is 0 Å². The summed E-state index contributed by atoms with van der Waals surface area (Å²) in [4.78, 5) is 23.7. The maximum atomic E-state index is 11.9. The molecule has 7 nitrogen and oxygen atoms in total. The van der Waals surface area contributed by atoms with E-state index < -0.39 is 11.8 Å². The first-order chi connectivity index (χ1) is 13.5. The zero-order chi connectivity index (χ0) is 20.4. The normalized spacial score (nSPS) is 10.2. The molecule has 0 bridgehead atoms. The Morgan fingerprint density at radius 2 is 1.89 bits per heavy atom. The summed E-state index contributed by atoms with van der Waals surface area (Å²) in [6, 6.07) is 14.6. The highest BCUT2D eigenvalue weighted by Gasteiger charge is 2.06. The van der Waals surface area contributed by atoms with Crippen molar-refractivity contribution in [3.05, 3.63) is 65.7 Å². The van der Waals surface area contributed by atoms with E-state index in [1.54, 1.807) is 25.3 Å². The van der Waals surface area contributed by atoms with Crippen LogP contribution in [0.25, 0.3) is 6.08 Å². The molecule has 0 aliphatic heterocycles. The van der Waals surface area contributed by atoms with Gasteiger partial charge in [-0.3, -0.25) is 25.8 Å². The number of hydrogen-bond acceptors (Lipinski definition) is 5. The van der Waals surface area contributed by atoms with Gasteiger partial charge in [0.25, 0.3) is 5.91 Å². The van der Waals surface area contributed by atoms with Crippen LogP contribution in [0.1, 0.15) is 11.1 Å². The summed E-state index contributed by atoms with van der Waals surface area (Å²) >= 11 is 4.97.